The number of carbonyl (C=O) groups is 1. The number of amides is 1. The lowest BCUT2D eigenvalue weighted by atomic mass is 9.96. The number of aromatic nitrogens is 2. The number of hydrogen-bond donors (Lipinski definition) is 1. The van der Waals surface area contributed by atoms with E-state index in [0.717, 1.165) is 37.7 Å². The van der Waals surface area contributed by atoms with E-state index in [1.807, 2.05) is 19.1 Å². The van der Waals surface area contributed by atoms with E-state index in [1.165, 1.54) is 39.7 Å². The Morgan fingerprint density at radius 2 is 1.74 bits per heavy atom. The van der Waals surface area contributed by atoms with Crippen LogP contribution in [0.3, 0.4) is 0 Å². The van der Waals surface area contributed by atoms with Crippen molar-refractivity contribution in [3.8, 4) is 0 Å². The Morgan fingerprint density at radius 1 is 1.03 bits per heavy atom. The van der Waals surface area contributed by atoms with Crippen LogP contribution in [0.15, 0.2) is 51.8 Å². The van der Waals surface area contributed by atoms with E-state index in [4.69, 9.17) is 4.42 Å². The summed E-state index contributed by atoms with van der Waals surface area (Å²) in [6.45, 7) is 4.10. The highest BCUT2D eigenvalue weighted by Gasteiger charge is 2.29. The second-order valence-corrected chi connectivity index (χ2v) is 10.9. The fourth-order valence-electron chi connectivity index (χ4n) is 4.22. The van der Waals surface area contributed by atoms with Gasteiger partial charge in [0, 0.05) is 18.7 Å². The van der Waals surface area contributed by atoms with Crippen LogP contribution in [-0.4, -0.2) is 41.9 Å². The van der Waals surface area contributed by atoms with Gasteiger partial charge in [-0.05, 0) is 67.6 Å². The van der Waals surface area contributed by atoms with Crippen molar-refractivity contribution in [2.24, 2.45) is 0 Å². The first-order valence-electron chi connectivity index (χ1n) is 11.5. The molecule has 0 aliphatic heterocycles. The van der Waals surface area contributed by atoms with Gasteiger partial charge in [0.05, 0.1) is 11.3 Å². The third-order valence-corrected chi connectivity index (χ3v) is 8.42. The van der Waals surface area contributed by atoms with Gasteiger partial charge in [-0.15, -0.1) is 5.10 Å². The van der Waals surface area contributed by atoms with Gasteiger partial charge in [0.1, 0.15) is 0 Å². The summed E-state index contributed by atoms with van der Waals surface area (Å²) < 4.78 is 33.0. The van der Waals surface area contributed by atoms with Crippen LogP contribution in [0, 0.1) is 13.8 Å². The van der Waals surface area contributed by atoms with Gasteiger partial charge in [0.25, 0.3) is 5.91 Å². The van der Waals surface area contributed by atoms with E-state index in [0.29, 0.717) is 17.9 Å². The fourth-order valence-corrected chi connectivity index (χ4v) is 5.63. The number of hydrogen-bond acceptors (Lipinski definition) is 6. The second-order valence-electron chi connectivity index (χ2n) is 8.89. The molecule has 1 aromatic heterocycles. The average molecular weight is 483 g/mol. The zero-order chi connectivity index (χ0) is 24.3. The molecule has 0 radical (unpaired) electrons. The van der Waals surface area contributed by atoms with Crippen LogP contribution < -0.4 is 5.32 Å². The molecule has 1 N–H and O–H groups in total. The summed E-state index contributed by atoms with van der Waals surface area (Å²) in [5.41, 5.74) is 3.73. The predicted octanol–water partition coefficient (Wildman–Crippen LogP) is 4.48. The fraction of sp³-hybridized carbons (Fsp3) is 0.400. The highest BCUT2D eigenvalue weighted by molar-refractivity contribution is 7.89. The van der Waals surface area contributed by atoms with Crippen molar-refractivity contribution in [3.63, 3.8) is 0 Å². The van der Waals surface area contributed by atoms with Crippen molar-refractivity contribution >= 4 is 21.9 Å². The molecule has 4 rings (SSSR count). The summed E-state index contributed by atoms with van der Waals surface area (Å²) in [5, 5.41) is 10.5. The standard InChI is InChI=1S/C25H30N4O4S/c1-17-9-10-19(15-18(17)2)16-23-27-28-25(33-23)26-24(30)20-11-13-22(14-12-20)34(31,32)29(3)21-7-5-4-6-8-21/h9-15,21H,4-8,16H2,1-3H3,(H,26,28,30). The van der Waals surface area contributed by atoms with Crippen LogP contribution in [-0.2, 0) is 16.4 Å². The minimum absolute atomic E-state index is 0.00226. The second kappa shape index (κ2) is 10.1. The normalized spacial score (nSPS) is 14.9. The summed E-state index contributed by atoms with van der Waals surface area (Å²) in [6.07, 6.45) is 5.47. The quantitative estimate of drug-likeness (QED) is 0.532. The van der Waals surface area contributed by atoms with Crippen LogP contribution in [0.25, 0.3) is 0 Å². The number of aryl methyl sites for hydroxylation is 2. The molecule has 1 saturated carbocycles. The Morgan fingerprint density at radius 3 is 2.41 bits per heavy atom. The lowest BCUT2D eigenvalue weighted by Crippen LogP contribution is -2.38. The van der Waals surface area contributed by atoms with Gasteiger partial charge in [-0.25, -0.2) is 8.42 Å². The molecule has 0 bridgehead atoms. The molecule has 2 aromatic carbocycles. The molecule has 1 amide bonds. The first-order valence-corrected chi connectivity index (χ1v) is 13.0. The molecule has 3 aromatic rings. The smallest absolute Gasteiger partial charge is 0.322 e. The summed E-state index contributed by atoms with van der Waals surface area (Å²) in [4.78, 5) is 12.8. The summed E-state index contributed by atoms with van der Waals surface area (Å²) >= 11 is 0. The van der Waals surface area contributed by atoms with Crippen molar-refractivity contribution in [1.29, 1.82) is 0 Å². The predicted molar refractivity (Wildman–Crippen MR) is 129 cm³/mol. The van der Waals surface area contributed by atoms with Crippen LogP contribution in [0.5, 0.6) is 0 Å². The zero-order valence-corrected chi connectivity index (χ0v) is 20.6. The number of nitrogens with zero attached hydrogens (tertiary/aromatic N) is 3. The van der Waals surface area contributed by atoms with Gasteiger partial charge < -0.3 is 4.42 Å². The summed E-state index contributed by atoms with van der Waals surface area (Å²) in [6, 6.07) is 12.0. The molecule has 1 heterocycles. The molecular formula is C25H30N4O4S. The molecule has 34 heavy (non-hydrogen) atoms. The lowest BCUT2D eigenvalue weighted by Gasteiger charge is -2.30. The van der Waals surface area contributed by atoms with E-state index in [1.54, 1.807) is 7.05 Å². The Balaban J connectivity index is 1.39. The SMILES string of the molecule is Cc1ccc(Cc2nnc(NC(=O)c3ccc(S(=O)(=O)N(C)C4CCCCC4)cc3)o2)cc1C. The molecule has 0 atom stereocenters. The number of sulfonamides is 1. The molecule has 1 aliphatic carbocycles. The van der Waals surface area contributed by atoms with E-state index in [2.05, 4.69) is 28.5 Å². The third-order valence-electron chi connectivity index (χ3n) is 6.50. The van der Waals surface area contributed by atoms with Crippen LogP contribution >= 0.6 is 0 Å². The Kier molecular flexibility index (Phi) is 7.13. The van der Waals surface area contributed by atoms with Crippen LogP contribution in [0.1, 0.15) is 65.0 Å². The molecule has 0 saturated heterocycles. The van der Waals surface area contributed by atoms with Gasteiger partial charge in [-0.1, -0.05) is 42.6 Å². The maximum absolute atomic E-state index is 13.0. The maximum Gasteiger partial charge on any atom is 0.322 e. The molecule has 1 aliphatic rings. The lowest BCUT2D eigenvalue weighted by molar-refractivity contribution is 0.102. The Hall–Kier alpha value is -3.04. The number of rotatable bonds is 7. The molecule has 8 nitrogen and oxygen atoms in total. The van der Waals surface area contributed by atoms with E-state index in [-0.39, 0.29) is 17.0 Å². The molecule has 0 unspecified atom stereocenters. The van der Waals surface area contributed by atoms with Crippen LogP contribution in [0.2, 0.25) is 0 Å². The molecular weight excluding hydrogens is 452 g/mol. The topological polar surface area (TPSA) is 105 Å². The van der Waals surface area contributed by atoms with Crippen molar-refractivity contribution < 1.29 is 17.6 Å². The number of carbonyl (C=O) groups excluding carboxylic acids is 1. The number of nitrogens with one attached hydrogen (secondary N) is 1. The van der Waals surface area contributed by atoms with Crippen molar-refractivity contribution in [2.45, 2.75) is 63.3 Å². The van der Waals surface area contributed by atoms with E-state index in [9.17, 15) is 13.2 Å². The molecule has 1 fully saturated rings. The summed E-state index contributed by atoms with van der Waals surface area (Å²) in [7, 11) is -1.98. The minimum Gasteiger partial charge on any atom is -0.407 e. The van der Waals surface area contributed by atoms with Gasteiger partial charge in [-0.2, -0.15) is 4.31 Å². The van der Waals surface area contributed by atoms with E-state index < -0.39 is 15.9 Å². The number of benzene rings is 2. The van der Waals surface area contributed by atoms with Gasteiger partial charge in [0.15, 0.2) is 0 Å². The first kappa shape index (κ1) is 24.1. The summed E-state index contributed by atoms with van der Waals surface area (Å²) in [5.74, 6) is -0.0586. The Bertz CT molecular complexity index is 1260. The highest BCUT2D eigenvalue weighted by Crippen LogP contribution is 2.26. The average Bonchev–Trinajstić information content (AvgIpc) is 3.28. The van der Waals surface area contributed by atoms with Gasteiger partial charge in [-0.3, -0.25) is 10.1 Å². The van der Waals surface area contributed by atoms with Crippen LogP contribution in [0.4, 0.5) is 6.01 Å². The molecule has 0 spiro atoms. The Labute approximate surface area is 200 Å². The van der Waals surface area contributed by atoms with Crippen molar-refractivity contribution in [1.82, 2.24) is 14.5 Å². The molecule has 9 heteroatoms. The maximum atomic E-state index is 13.0. The number of anilines is 1. The van der Waals surface area contributed by atoms with E-state index >= 15 is 0 Å². The monoisotopic (exact) mass is 482 g/mol. The molecule has 180 valence electrons. The van der Waals surface area contributed by atoms with Crippen molar-refractivity contribution in [2.75, 3.05) is 12.4 Å². The highest BCUT2D eigenvalue weighted by atomic mass is 32.2. The minimum atomic E-state index is -3.61. The first-order chi connectivity index (χ1) is 16.2. The van der Waals surface area contributed by atoms with Gasteiger partial charge >= 0.3 is 6.01 Å². The van der Waals surface area contributed by atoms with Gasteiger partial charge in [0.2, 0.25) is 15.9 Å². The third kappa shape index (κ3) is 5.37. The largest absolute Gasteiger partial charge is 0.407 e. The van der Waals surface area contributed by atoms with Crippen molar-refractivity contribution in [3.05, 3.63) is 70.6 Å². The zero-order valence-electron chi connectivity index (χ0n) is 19.7.